The molecule has 33 heavy (non-hydrogen) atoms. The summed E-state index contributed by atoms with van der Waals surface area (Å²) in [5.41, 5.74) is 3.29. The number of carbonyl (C=O) groups excluding carboxylic acids is 2. The second kappa shape index (κ2) is 10.4. The molecule has 2 aromatic carbocycles. The summed E-state index contributed by atoms with van der Waals surface area (Å²) in [5.74, 6) is -0.124. The van der Waals surface area contributed by atoms with E-state index in [9.17, 15) is 14.4 Å². The van der Waals surface area contributed by atoms with Crippen molar-refractivity contribution in [3.05, 3.63) is 64.6 Å². The molecule has 0 spiro atoms. The van der Waals surface area contributed by atoms with E-state index in [0.717, 1.165) is 48.9 Å². The van der Waals surface area contributed by atoms with Crippen molar-refractivity contribution in [3.63, 3.8) is 0 Å². The van der Waals surface area contributed by atoms with Gasteiger partial charge in [-0.1, -0.05) is 31.2 Å². The van der Waals surface area contributed by atoms with E-state index >= 15 is 0 Å². The molecule has 3 amide bonds. The number of hydrogen-bond donors (Lipinski definition) is 2. The van der Waals surface area contributed by atoms with Crippen LogP contribution in [-0.2, 0) is 24.4 Å². The van der Waals surface area contributed by atoms with Crippen molar-refractivity contribution in [1.82, 2.24) is 19.4 Å². The highest BCUT2D eigenvalue weighted by molar-refractivity contribution is 5.89. The molecule has 3 aromatic rings. The first kappa shape index (κ1) is 22.6. The molecule has 2 N–H and O–H groups in total. The summed E-state index contributed by atoms with van der Waals surface area (Å²) in [6.45, 7) is 4.97. The van der Waals surface area contributed by atoms with Gasteiger partial charge in [-0.15, -0.1) is 0 Å². The molecule has 4 rings (SSSR count). The largest absolute Gasteiger partial charge is 0.352 e. The van der Waals surface area contributed by atoms with Crippen LogP contribution in [0.2, 0.25) is 0 Å². The number of likely N-dealkylation sites (tertiary alicyclic amines) is 1. The number of aryl methyl sites for hydroxylation is 2. The van der Waals surface area contributed by atoms with Crippen LogP contribution >= 0.6 is 0 Å². The molecule has 1 aliphatic heterocycles. The van der Waals surface area contributed by atoms with E-state index in [4.69, 9.17) is 0 Å². The minimum atomic E-state index is -0.124. The number of aromatic nitrogens is 2. The lowest BCUT2D eigenvalue weighted by Crippen LogP contribution is -2.32. The number of nitrogens with one attached hydrogen (secondary N) is 2. The van der Waals surface area contributed by atoms with Crippen LogP contribution in [0.3, 0.4) is 0 Å². The third kappa shape index (κ3) is 5.27. The van der Waals surface area contributed by atoms with Gasteiger partial charge < -0.3 is 15.5 Å². The fourth-order valence-corrected chi connectivity index (χ4v) is 4.31. The van der Waals surface area contributed by atoms with Crippen LogP contribution in [0.4, 0.5) is 10.5 Å². The molecule has 0 bridgehead atoms. The number of para-hydroxylation sites is 2. The highest BCUT2D eigenvalue weighted by Gasteiger charge is 2.18. The van der Waals surface area contributed by atoms with Crippen LogP contribution in [-0.4, -0.2) is 39.1 Å². The molecule has 0 atom stereocenters. The first-order valence-corrected chi connectivity index (χ1v) is 11.7. The third-order valence-electron chi connectivity index (χ3n) is 6.00. The number of imidazole rings is 1. The molecule has 1 aliphatic rings. The minimum Gasteiger partial charge on any atom is -0.352 e. The molecule has 0 radical (unpaired) electrons. The molecule has 0 aliphatic carbocycles. The summed E-state index contributed by atoms with van der Waals surface area (Å²) in [5, 5.41) is 5.85. The molecule has 8 heteroatoms. The number of amides is 3. The quantitative estimate of drug-likeness (QED) is 0.551. The van der Waals surface area contributed by atoms with Crippen LogP contribution in [0.25, 0.3) is 11.0 Å². The van der Waals surface area contributed by atoms with Gasteiger partial charge in [0.25, 0.3) is 0 Å². The molecule has 1 fully saturated rings. The Balaban J connectivity index is 1.34. The Bertz CT molecular complexity index is 1190. The standard InChI is InChI=1S/C25H31N5O3/c1-2-13-29-21-10-3-4-11-22(21)30(25(29)33)16-12-23(31)26-18-19-8-7-9-20(17-19)27-24(32)28-14-5-6-15-28/h3-4,7-11,17H,2,5-6,12-16,18H2,1H3,(H,26,31)(H,27,32). The Morgan fingerprint density at radius 2 is 1.64 bits per heavy atom. The molecule has 0 unspecified atom stereocenters. The maximum Gasteiger partial charge on any atom is 0.329 e. The Labute approximate surface area is 193 Å². The average Bonchev–Trinajstić information content (AvgIpc) is 3.45. The molecule has 174 valence electrons. The Hall–Kier alpha value is -3.55. The molecule has 1 saturated heterocycles. The molecule has 1 aromatic heterocycles. The van der Waals surface area contributed by atoms with Gasteiger partial charge in [0.15, 0.2) is 0 Å². The van der Waals surface area contributed by atoms with Crippen molar-refractivity contribution in [2.75, 3.05) is 18.4 Å². The zero-order valence-corrected chi connectivity index (χ0v) is 19.0. The van der Waals surface area contributed by atoms with Crippen LogP contribution in [0.5, 0.6) is 0 Å². The van der Waals surface area contributed by atoms with Crippen LogP contribution < -0.4 is 16.3 Å². The van der Waals surface area contributed by atoms with Gasteiger partial charge in [-0.25, -0.2) is 9.59 Å². The predicted molar refractivity (Wildman–Crippen MR) is 129 cm³/mol. The number of hydrogen-bond acceptors (Lipinski definition) is 3. The lowest BCUT2D eigenvalue weighted by molar-refractivity contribution is -0.121. The lowest BCUT2D eigenvalue weighted by atomic mass is 10.2. The van der Waals surface area contributed by atoms with Crippen LogP contribution in [0.15, 0.2) is 53.3 Å². The van der Waals surface area contributed by atoms with Gasteiger partial charge in [-0.05, 0) is 49.1 Å². The van der Waals surface area contributed by atoms with Gasteiger partial charge >= 0.3 is 11.7 Å². The lowest BCUT2D eigenvalue weighted by Gasteiger charge is -2.16. The minimum absolute atomic E-state index is 0.0766. The van der Waals surface area contributed by atoms with E-state index in [0.29, 0.717) is 25.3 Å². The summed E-state index contributed by atoms with van der Waals surface area (Å²) >= 11 is 0. The number of urea groups is 1. The van der Waals surface area contributed by atoms with Crippen molar-refractivity contribution in [3.8, 4) is 0 Å². The Kier molecular flexibility index (Phi) is 7.12. The number of anilines is 1. The second-order valence-corrected chi connectivity index (χ2v) is 8.43. The highest BCUT2D eigenvalue weighted by Crippen LogP contribution is 2.15. The van der Waals surface area contributed by atoms with Crippen molar-refractivity contribution >= 4 is 28.7 Å². The van der Waals surface area contributed by atoms with Gasteiger partial charge in [-0.2, -0.15) is 0 Å². The molecular formula is C25H31N5O3. The smallest absolute Gasteiger partial charge is 0.329 e. The van der Waals surface area contributed by atoms with Crippen LogP contribution in [0.1, 0.15) is 38.2 Å². The second-order valence-electron chi connectivity index (χ2n) is 8.43. The molecular weight excluding hydrogens is 418 g/mol. The summed E-state index contributed by atoms with van der Waals surface area (Å²) in [6.07, 6.45) is 3.17. The van der Waals surface area contributed by atoms with Gasteiger partial charge in [-0.3, -0.25) is 13.9 Å². The normalized spacial score (nSPS) is 13.4. The summed E-state index contributed by atoms with van der Waals surface area (Å²) in [6, 6.07) is 15.1. The van der Waals surface area contributed by atoms with E-state index in [1.807, 2.05) is 60.4 Å². The topological polar surface area (TPSA) is 88.4 Å². The van der Waals surface area contributed by atoms with Crippen molar-refractivity contribution in [2.45, 2.75) is 52.2 Å². The van der Waals surface area contributed by atoms with E-state index in [1.54, 1.807) is 9.13 Å². The van der Waals surface area contributed by atoms with Crippen molar-refractivity contribution in [1.29, 1.82) is 0 Å². The SMILES string of the molecule is CCCn1c(=O)n(CCC(=O)NCc2cccc(NC(=O)N3CCCC3)c2)c2ccccc21. The molecule has 0 saturated carbocycles. The van der Waals surface area contributed by atoms with Gasteiger partial charge in [0.1, 0.15) is 0 Å². The molecule has 8 nitrogen and oxygen atoms in total. The maximum atomic E-state index is 12.8. The highest BCUT2D eigenvalue weighted by atomic mass is 16.2. The fourth-order valence-electron chi connectivity index (χ4n) is 4.31. The van der Waals surface area contributed by atoms with Crippen molar-refractivity contribution < 1.29 is 9.59 Å². The number of carbonyl (C=O) groups is 2. The molecule has 2 heterocycles. The number of rotatable bonds is 8. The summed E-state index contributed by atoms with van der Waals surface area (Å²) in [4.78, 5) is 39.4. The first-order chi connectivity index (χ1) is 16.1. The van der Waals surface area contributed by atoms with E-state index in [2.05, 4.69) is 10.6 Å². The number of benzene rings is 2. The summed E-state index contributed by atoms with van der Waals surface area (Å²) < 4.78 is 3.45. The van der Waals surface area contributed by atoms with Crippen LogP contribution in [0, 0.1) is 0 Å². The number of fused-ring (bicyclic) bond motifs is 1. The Morgan fingerprint density at radius 3 is 2.33 bits per heavy atom. The zero-order chi connectivity index (χ0) is 23.2. The first-order valence-electron chi connectivity index (χ1n) is 11.7. The predicted octanol–water partition coefficient (Wildman–Crippen LogP) is 3.55. The maximum absolute atomic E-state index is 12.8. The van der Waals surface area contributed by atoms with Gasteiger partial charge in [0.2, 0.25) is 5.91 Å². The van der Waals surface area contributed by atoms with Gasteiger partial charge in [0, 0.05) is 44.8 Å². The third-order valence-corrected chi connectivity index (χ3v) is 6.00. The van der Waals surface area contributed by atoms with E-state index in [-0.39, 0.29) is 24.0 Å². The monoisotopic (exact) mass is 449 g/mol. The Morgan fingerprint density at radius 1 is 0.939 bits per heavy atom. The van der Waals surface area contributed by atoms with Gasteiger partial charge in [0.05, 0.1) is 11.0 Å². The number of nitrogens with zero attached hydrogens (tertiary/aromatic N) is 3. The zero-order valence-electron chi connectivity index (χ0n) is 19.0. The van der Waals surface area contributed by atoms with Crippen molar-refractivity contribution in [2.24, 2.45) is 0 Å². The van der Waals surface area contributed by atoms with E-state index in [1.165, 1.54) is 0 Å². The van der Waals surface area contributed by atoms with E-state index < -0.39 is 0 Å². The summed E-state index contributed by atoms with van der Waals surface area (Å²) in [7, 11) is 0. The fraction of sp³-hybridized carbons (Fsp3) is 0.400. The average molecular weight is 450 g/mol.